The Hall–Kier alpha value is -1.17. The molecule has 1 aromatic rings. The molecule has 1 aromatic heterocycles. The van der Waals surface area contributed by atoms with Gasteiger partial charge in [-0.3, -0.25) is 4.79 Å². The fourth-order valence-electron chi connectivity index (χ4n) is 1.11. The zero-order chi connectivity index (χ0) is 11.3. The largest absolute Gasteiger partial charge is 0.465 e. The predicted octanol–water partition coefficient (Wildman–Crippen LogP) is 1.32. The smallest absolute Gasteiger partial charge is 0.325 e. The molecule has 0 saturated heterocycles. The summed E-state index contributed by atoms with van der Waals surface area (Å²) in [6, 6.07) is 0.197. The highest BCUT2D eigenvalue weighted by molar-refractivity contribution is 7.09. The molecule has 0 atom stereocenters. The van der Waals surface area contributed by atoms with E-state index in [-0.39, 0.29) is 18.6 Å². The lowest BCUT2D eigenvalue weighted by atomic mass is 10.3. The van der Waals surface area contributed by atoms with Crippen molar-refractivity contribution in [3.8, 4) is 0 Å². The van der Waals surface area contributed by atoms with E-state index in [0.717, 1.165) is 5.13 Å². The van der Waals surface area contributed by atoms with Gasteiger partial charge in [0.25, 0.3) is 0 Å². The van der Waals surface area contributed by atoms with Crippen LogP contribution in [-0.4, -0.2) is 34.5 Å². The maximum absolute atomic E-state index is 11.3. The first-order valence-corrected chi connectivity index (χ1v) is 5.61. The molecule has 0 N–H and O–H groups in total. The molecule has 0 radical (unpaired) electrons. The fraction of sp³-hybridized carbons (Fsp3) is 0.667. The molecule has 15 heavy (non-hydrogen) atoms. The highest BCUT2D eigenvalue weighted by Crippen LogP contribution is 2.17. The molecule has 0 bridgehead atoms. The first-order valence-electron chi connectivity index (χ1n) is 4.84. The average molecular weight is 229 g/mol. The van der Waals surface area contributed by atoms with E-state index in [9.17, 15) is 4.79 Å². The minimum atomic E-state index is -0.235. The molecule has 0 spiro atoms. The number of esters is 1. The van der Waals surface area contributed by atoms with Gasteiger partial charge in [0, 0.05) is 17.6 Å². The van der Waals surface area contributed by atoms with E-state index in [2.05, 4.69) is 9.36 Å². The summed E-state index contributed by atoms with van der Waals surface area (Å²) in [6.07, 6.45) is 1.49. The second kappa shape index (κ2) is 5.65. The fourth-order valence-corrected chi connectivity index (χ4v) is 1.77. The minimum Gasteiger partial charge on any atom is -0.465 e. The van der Waals surface area contributed by atoms with Crippen molar-refractivity contribution in [2.75, 3.05) is 18.1 Å². The van der Waals surface area contributed by atoms with Crippen LogP contribution >= 0.6 is 11.5 Å². The highest BCUT2D eigenvalue weighted by atomic mass is 32.1. The number of nitrogens with zero attached hydrogens (tertiary/aromatic N) is 3. The average Bonchev–Trinajstić information content (AvgIpc) is 2.66. The van der Waals surface area contributed by atoms with Gasteiger partial charge in [0.15, 0.2) is 0 Å². The van der Waals surface area contributed by atoms with Crippen molar-refractivity contribution in [2.45, 2.75) is 26.8 Å². The van der Waals surface area contributed by atoms with Crippen LogP contribution < -0.4 is 4.90 Å². The van der Waals surface area contributed by atoms with Crippen molar-refractivity contribution in [3.63, 3.8) is 0 Å². The lowest BCUT2D eigenvalue weighted by Gasteiger charge is -2.24. The molecule has 1 rings (SSSR count). The monoisotopic (exact) mass is 229 g/mol. The Morgan fingerprint density at radius 1 is 1.67 bits per heavy atom. The summed E-state index contributed by atoms with van der Waals surface area (Å²) in [7, 11) is 0. The molecule has 0 aromatic carbocycles. The third-order valence-corrected chi connectivity index (χ3v) is 2.53. The van der Waals surface area contributed by atoms with Gasteiger partial charge in [0.1, 0.15) is 12.9 Å². The van der Waals surface area contributed by atoms with Crippen molar-refractivity contribution in [1.29, 1.82) is 0 Å². The summed E-state index contributed by atoms with van der Waals surface area (Å²) in [4.78, 5) is 17.3. The standard InChI is InChI=1S/C9H15N3O2S/c1-4-14-8(13)5-12(7(2)3)9-10-6-11-15-9/h6-7H,4-5H2,1-3H3. The molecule has 0 saturated carbocycles. The Labute approximate surface area is 93.2 Å². The molecule has 84 valence electrons. The molecule has 0 aliphatic rings. The Morgan fingerprint density at radius 3 is 2.87 bits per heavy atom. The van der Waals surface area contributed by atoms with Gasteiger partial charge < -0.3 is 9.64 Å². The van der Waals surface area contributed by atoms with Crippen LogP contribution in [0.4, 0.5) is 5.13 Å². The third kappa shape index (κ3) is 3.47. The molecule has 0 amide bonds. The van der Waals surface area contributed by atoms with Crippen LogP contribution in [0.1, 0.15) is 20.8 Å². The van der Waals surface area contributed by atoms with Gasteiger partial charge >= 0.3 is 5.97 Å². The first kappa shape index (κ1) is 11.9. The van der Waals surface area contributed by atoms with Gasteiger partial charge in [-0.05, 0) is 20.8 Å². The van der Waals surface area contributed by atoms with E-state index in [1.54, 1.807) is 6.92 Å². The lowest BCUT2D eigenvalue weighted by molar-refractivity contribution is -0.141. The van der Waals surface area contributed by atoms with Crippen LogP contribution in [0.5, 0.6) is 0 Å². The predicted molar refractivity (Wildman–Crippen MR) is 59.0 cm³/mol. The molecule has 0 unspecified atom stereocenters. The van der Waals surface area contributed by atoms with Crippen molar-refractivity contribution in [1.82, 2.24) is 9.36 Å². The van der Waals surface area contributed by atoms with Crippen molar-refractivity contribution in [3.05, 3.63) is 6.33 Å². The molecule has 1 heterocycles. The zero-order valence-electron chi connectivity index (χ0n) is 9.14. The van der Waals surface area contributed by atoms with E-state index < -0.39 is 0 Å². The van der Waals surface area contributed by atoms with Crippen molar-refractivity contribution in [2.24, 2.45) is 0 Å². The Bertz CT molecular complexity index is 300. The quantitative estimate of drug-likeness (QED) is 0.713. The third-order valence-electron chi connectivity index (χ3n) is 1.82. The molecular weight excluding hydrogens is 214 g/mol. The van der Waals surface area contributed by atoms with Crippen LogP contribution in [0.3, 0.4) is 0 Å². The number of rotatable bonds is 5. The second-order valence-electron chi connectivity index (χ2n) is 3.25. The zero-order valence-corrected chi connectivity index (χ0v) is 9.95. The number of aromatic nitrogens is 2. The van der Waals surface area contributed by atoms with Crippen molar-refractivity contribution < 1.29 is 9.53 Å². The van der Waals surface area contributed by atoms with E-state index >= 15 is 0 Å². The summed E-state index contributed by atoms with van der Waals surface area (Å²) in [5, 5.41) is 0.748. The number of ether oxygens (including phenoxy) is 1. The van der Waals surface area contributed by atoms with Gasteiger partial charge in [-0.2, -0.15) is 4.37 Å². The van der Waals surface area contributed by atoms with E-state index in [4.69, 9.17) is 4.74 Å². The maximum Gasteiger partial charge on any atom is 0.325 e. The number of hydrogen-bond donors (Lipinski definition) is 0. The number of carbonyl (C=O) groups excluding carboxylic acids is 1. The minimum absolute atomic E-state index is 0.197. The summed E-state index contributed by atoms with van der Waals surface area (Å²) < 4.78 is 8.81. The SMILES string of the molecule is CCOC(=O)CN(c1ncns1)C(C)C. The lowest BCUT2D eigenvalue weighted by Crippen LogP contribution is -2.36. The number of anilines is 1. The number of hydrogen-bond acceptors (Lipinski definition) is 6. The Balaban J connectivity index is 2.64. The van der Waals surface area contributed by atoms with Gasteiger partial charge in [-0.15, -0.1) is 0 Å². The van der Waals surface area contributed by atoms with Gasteiger partial charge in [-0.25, -0.2) is 4.98 Å². The maximum atomic E-state index is 11.3. The van der Waals surface area contributed by atoms with Gasteiger partial charge in [-0.1, -0.05) is 0 Å². The van der Waals surface area contributed by atoms with E-state index in [1.165, 1.54) is 17.9 Å². The molecular formula is C9H15N3O2S. The summed E-state index contributed by atoms with van der Waals surface area (Å²) in [5.74, 6) is -0.235. The topological polar surface area (TPSA) is 55.3 Å². The highest BCUT2D eigenvalue weighted by Gasteiger charge is 2.17. The van der Waals surface area contributed by atoms with Crippen LogP contribution in [0.2, 0.25) is 0 Å². The summed E-state index contributed by atoms with van der Waals surface area (Å²) >= 11 is 1.28. The van der Waals surface area contributed by atoms with E-state index in [1.807, 2.05) is 18.7 Å². The van der Waals surface area contributed by atoms with Crippen LogP contribution in [-0.2, 0) is 9.53 Å². The Kier molecular flexibility index (Phi) is 4.48. The Morgan fingerprint density at radius 2 is 2.40 bits per heavy atom. The van der Waals surface area contributed by atoms with Gasteiger partial charge in [0.05, 0.1) is 6.61 Å². The summed E-state index contributed by atoms with van der Waals surface area (Å²) in [5.41, 5.74) is 0. The van der Waals surface area contributed by atoms with Crippen molar-refractivity contribution >= 4 is 22.6 Å². The van der Waals surface area contributed by atoms with Crippen LogP contribution in [0.25, 0.3) is 0 Å². The van der Waals surface area contributed by atoms with Crippen LogP contribution in [0, 0.1) is 0 Å². The normalized spacial score (nSPS) is 10.4. The first-order chi connectivity index (χ1) is 7.15. The molecule has 0 aliphatic heterocycles. The molecule has 0 fully saturated rings. The molecule has 5 nitrogen and oxygen atoms in total. The van der Waals surface area contributed by atoms with Crippen LogP contribution in [0.15, 0.2) is 6.33 Å². The summed E-state index contributed by atoms with van der Waals surface area (Å²) in [6.45, 7) is 6.42. The number of carbonyl (C=O) groups is 1. The second-order valence-corrected chi connectivity index (χ2v) is 4.01. The molecule has 6 heteroatoms. The molecule has 0 aliphatic carbocycles. The van der Waals surface area contributed by atoms with E-state index in [0.29, 0.717) is 6.61 Å². The van der Waals surface area contributed by atoms with Gasteiger partial charge in [0.2, 0.25) is 5.13 Å².